The number of nitrogens with zero attached hydrogens (tertiary/aromatic N) is 3. The van der Waals surface area contributed by atoms with Crippen molar-refractivity contribution in [1.82, 2.24) is 19.8 Å². The summed E-state index contributed by atoms with van der Waals surface area (Å²) in [5.41, 5.74) is 0.218. The minimum atomic E-state index is -3.61. The third-order valence-corrected chi connectivity index (χ3v) is 7.34. The number of aromatic nitrogens is 2. The first-order chi connectivity index (χ1) is 15.3. The standard InChI is InChI=1S/C20H22N4O6S2/c1-3-24(4-2)32(27,28)15-9-7-14(8-10-15)19(26)21-12-18(25)29-13-17-22-20(30-23-17)16-6-5-11-31-16/h5-11H,3-4,12-13H2,1-2H3,(H,21,26). The van der Waals surface area contributed by atoms with Crippen molar-refractivity contribution >= 4 is 33.2 Å². The summed E-state index contributed by atoms with van der Waals surface area (Å²) in [5, 5.41) is 8.05. The summed E-state index contributed by atoms with van der Waals surface area (Å²) in [7, 11) is -3.61. The van der Waals surface area contributed by atoms with Crippen molar-refractivity contribution in [2.24, 2.45) is 0 Å². The number of carbonyl (C=O) groups is 2. The lowest BCUT2D eigenvalue weighted by molar-refractivity contribution is -0.143. The number of hydrogen-bond acceptors (Lipinski definition) is 9. The highest BCUT2D eigenvalue weighted by Gasteiger charge is 2.21. The van der Waals surface area contributed by atoms with Gasteiger partial charge in [-0.2, -0.15) is 9.29 Å². The quantitative estimate of drug-likeness (QED) is 0.439. The second kappa shape index (κ2) is 10.5. The molecule has 10 nitrogen and oxygen atoms in total. The van der Waals surface area contributed by atoms with E-state index in [1.807, 2.05) is 17.5 Å². The Bertz CT molecular complexity index is 1150. The van der Waals surface area contributed by atoms with Crippen molar-refractivity contribution in [2.45, 2.75) is 25.3 Å². The number of esters is 1. The summed E-state index contributed by atoms with van der Waals surface area (Å²) < 4.78 is 36.5. The number of hydrogen-bond donors (Lipinski definition) is 1. The van der Waals surface area contributed by atoms with Gasteiger partial charge < -0.3 is 14.6 Å². The zero-order valence-corrected chi connectivity index (χ0v) is 19.1. The van der Waals surface area contributed by atoms with Crippen LogP contribution in [0.15, 0.2) is 51.2 Å². The first-order valence-corrected chi connectivity index (χ1v) is 12.1. The molecule has 3 rings (SSSR count). The largest absolute Gasteiger partial charge is 0.456 e. The zero-order valence-electron chi connectivity index (χ0n) is 17.5. The van der Waals surface area contributed by atoms with Gasteiger partial charge in [-0.15, -0.1) is 11.3 Å². The highest BCUT2D eigenvalue weighted by atomic mass is 32.2. The van der Waals surface area contributed by atoms with E-state index in [0.717, 1.165) is 4.88 Å². The predicted molar refractivity (Wildman–Crippen MR) is 116 cm³/mol. The first kappa shape index (κ1) is 23.6. The summed E-state index contributed by atoms with van der Waals surface area (Å²) in [5.74, 6) is -0.668. The average molecular weight is 479 g/mol. The predicted octanol–water partition coefficient (Wildman–Crippen LogP) is 2.30. The normalized spacial score (nSPS) is 11.5. The zero-order chi connectivity index (χ0) is 23.1. The molecule has 0 radical (unpaired) electrons. The number of nitrogens with one attached hydrogen (secondary N) is 1. The summed E-state index contributed by atoms with van der Waals surface area (Å²) in [6.45, 7) is 3.65. The Labute approximate surface area is 189 Å². The lowest BCUT2D eigenvalue weighted by Gasteiger charge is -2.18. The van der Waals surface area contributed by atoms with Crippen LogP contribution in [0.25, 0.3) is 10.8 Å². The minimum Gasteiger partial charge on any atom is -0.456 e. The monoisotopic (exact) mass is 478 g/mol. The number of thiophene rings is 1. The maximum absolute atomic E-state index is 12.5. The molecule has 1 amide bonds. The summed E-state index contributed by atoms with van der Waals surface area (Å²) >= 11 is 1.44. The summed E-state index contributed by atoms with van der Waals surface area (Å²) in [4.78, 5) is 29.2. The molecule has 1 aromatic carbocycles. The van der Waals surface area contributed by atoms with E-state index in [4.69, 9.17) is 9.26 Å². The van der Waals surface area contributed by atoms with Crippen LogP contribution in [-0.2, 0) is 26.2 Å². The van der Waals surface area contributed by atoms with Gasteiger partial charge in [0.2, 0.25) is 15.8 Å². The fourth-order valence-electron chi connectivity index (χ4n) is 2.75. The van der Waals surface area contributed by atoms with Crippen LogP contribution >= 0.6 is 11.3 Å². The third-order valence-electron chi connectivity index (χ3n) is 4.42. The van der Waals surface area contributed by atoms with E-state index in [9.17, 15) is 18.0 Å². The van der Waals surface area contributed by atoms with Crippen molar-refractivity contribution in [3.05, 3.63) is 53.2 Å². The van der Waals surface area contributed by atoms with Gasteiger partial charge in [0.05, 0.1) is 9.77 Å². The number of amides is 1. The van der Waals surface area contributed by atoms with E-state index >= 15 is 0 Å². The summed E-state index contributed by atoms with van der Waals surface area (Å²) in [6, 6.07) is 9.19. The third kappa shape index (κ3) is 5.58. The number of rotatable bonds is 10. The van der Waals surface area contributed by atoms with E-state index in [2.05, 4.69) is 15.5 Å². The van der Waals surface area contributed by atoms with Crippen molar-refractivity contribution in [2.75, 3.05) is 19.6 Å². The van der Waals surface area contributed by atoms with E-state index in [0.29, 0.717) is 19.0 Å². The van der Waals surface area contributed by atoms with Crippen LogP contribution in [-0.4, -0.2) is 54.4 Å². The Hall–Kier alpha value is -3.09. The Morgan fingerprint density at radius 3 is 2.50 bits per heavy atom. The Morgan fingerprint density at radius 1 is 1.16 bits per heavy atom. The van der Waals surface area contributed by atoms with Gasteiger partial charge in [-0.3, -0.25) is 9.59 Å². The number of ether oxygens (including phenoxy) is 1. The van der Waals surface area contributed by atoms with E-state index in [-0.39, 0.29) is 29.4 Å². The van der Waals surface area contributed by atoms with Gasteiger partial charge in [0, 0.05) is 18.7 Å². The molecule has 0 aliphatic rings. The highest BCUT2D eigenvalue weighted by Crippen LogP contribution is 2.22. The molecule has 12 heteroatoms. The molecular formula is C20H22N4O6S2. The van der Waals surface area contributed by atoms with Crippen LogP contribution in [0.2, 0.25) is 0 Å². The maximum atomic E-state index is 12.5. The van der Waals surface area contributed by atoms with Gasteiger partial charge in [0.1, 0.15) is 6.54 Å². The molecule has 0 saturated carbocycles. The Morgan fingerprint density at radius 2 is 1.88 bits per heavy atom. The molecule has 0 atom stereocenters. The topological polar surface area (TPSA) is 132 Å². The number of carbonyl (C=O) groups excluding carboxylic acids is 2. The molecule has 2 heterocycles. The van der Waals surface area contributed by atoms with Crippen molar-refractivity contribution in [1.29, 1.82) is 0 Å². The minimum absolute atomic E-state index is 0.0965. The van der Waals surface area contributed by atoms with Gasteiger partial charge in [-0.1, -0.05) is 25.1 Å². The van der Waals surface area contributed by atoms with Crippen molar-refractivity contribution < 1.29 is 27.3 Å². The lowest BCUT2D eigenvalue weighted by Crippen LogP contribution is -2.31. The number of benzene rings is 1. The Balaban J connectivity index is 1.49. The van der Waals surface area contributed by atoms with Gasteiger partial charge >= 0.3 is 5.97 Å². The van der Waals surface area contributed by atoms with E-state index in [1.54, 1.807) is 13.8 Å². The molecule has 0 saturated heterocycles. The van der Waals surface area contributed by atoms with E-state index < -0.39 is 21.9 Å². The van der Waals surface area contributed by atoms with Crippen molar-refractivity contribution in [3.63, 3.8) is 0 Å². The van der Waals surface area contributed by atoms with Gasteiger partial charge in [0.15, 0.2) is 6.61 Å². The average Bonchev–Trinajstić information content (AvgIpc) is 3.48. The van der Waals surface area contributed by atoms with Crippen molar-refractivity contribution in [3.8, 4) is 10.8 Å². The molecule has 0 aliphatic heterocycles. The van der Waals surface area contributed by atoms with Crippen LogP contribution in [0.3, 0.4) is 0 Å². The van der Waals surface area contributed by atoms with Crippen LogP contribution in [0.5, 0.6) is 0 Å². The van der Waals surface area contributed by atoms with Crippen LogP contribution < -0.4 is 5.32 Å². The second-order valence-corrected chi connectivity index (χ2v) is 9.34. The van der Waals surface area contributed by atoms with Gasteiger partial charge in [0.25, 0.3) is 11.8 Å². The van der Waals surface area contributed by atoms with Crippen LogP contribution in [0, 0.1) is 0 Å². The van der Waals surface area contributed by atoms with Crippen LogP contribution in [0.4, 0.5) is 0 Å². The van der Waals surface area contributed by atoms with E-state index in [1.165, 1.54) is 39.9 Å². The molecule has 0 bridgehead atoms. The number of sulfonamides is 1. The highest BCUT2D eigenvalue weighted by molar-refractivity contribution is 7.89. The maximum Gasteiger partial charge on any atom is 0.325 e. The van der Waals surface area contributed by atoms with Crippen LogP contribution in [0.1, 0.15) is 30.0 Å². The molecule has 2 aromatic heterocycles. The smallest absolute Gasteiger partial charge is 0.325 e. The molecule has 0 unspecified atom stereocenters. The first-order valence-electron chi connectivity index (χ1n) is 9.75. The fraction of sp³-hybridized carbons (Fsp3) is 0.300. The van der Waals surface area contributed by atoms with Gasteiger partial charge in [-0.05, 0) is 35.7 Å². The fourth-order valence-corrected chi connectivity index (χ4v) is 4.86. The molecule has 0 spiro atoms. The SMILES string of the molecule is CCN(CC)S(=O)(=O)c1ccc(C(=O)NCC(=O)OCc2noc(-c3cccs3)n2)cc1. The molecule has 1 N–H and O–H groups in total. The Kier molecular flexibility index (Phi) is 7.72. The molecule has 170 valence electrons. The molecular weight excluding hydrogens is 456 g/mol. The molecule has 0 aliphatic carbocycles. The molecule has 0 fully saturated rings. The molecule has 3 aromatic rings. The second-order valence-electron chi connectivity index (χ2n) is 6.45. The van der Waals surface area contributed by atoms with Gasteiger partial charge in [-0.25, -0.2) is 8.42 Å². The summed E-state index contributed by atoms with van der Waals surface area (Å²) in [6.07, 6.45) is 0. The molecule has 32 heavy (non-hydrogen) atoms. The lowest BCUT2D eigenvalue weighted by atomic mass is 10.2.